The summed E-state index contributed by atoms with van der Waals surface area (Å²) in [4.78, 5) is 11.2. The molecule has 0 amide bonds. The number of nitrogens with two attached hydrogens (primary N) is 1. The van der Waals surface area contributed by atoms with Crippen LogP contribution in [-0.2, 0) is 15.1 Å². The van der Waals surface area contributed by atoms with Gasteiger partial charge in [0.1, 0.15) is 11.7 Å². The van der Waals surface area contributed by atoms with Crippen molar-refractivity contribution < 1.29 is 19.0 Å². The number of carboxylic acids is 1. The number of carbonyl (C=O) groups is 1. The molecule has 1 aliphatic rings. The Balaban J connectivity index is 2.49. The predicted octanol–water partition coefficient (Wildman–Crippen LogP) is 1.10. The molecule has 0 aliphatic carbocycles. The Bertz CT molecular complexity index is 451. The summed E-state index contributed by atoms with van der Waals surface area (Å²) in [7, 11) is 0. The average Bonchev–Trinajstić information content (AvgIpc) is 2.56. The van der Waals surface area contributed by atoms with Gasteiger partial charge >= 0.3 is 5.97 Å². The van der Waals surface area contributed by atoms with Crippen LogP contribution in [0.1, 0.15) is 12.5 Å². The highest BCUT2D eigenvalue weighted by Gasteiger charge is 2.51. The maximum atomic E-state index is 13.7. The molecule has 2 rings (SSSR count). The lowest BCUT2D eigenvalue weighted by molar-refractivity contribution is -0.144. The molecule has 0 saturated carbocycles. The minimum atomic E-state index is -1.31. The fourth-order valence-electron chi connectivity index (χ4n) is 2.38. The fraction of sp³-hybridized carbons (Fsp3) is 0.417. The van der Waals surface area contributed by atoms with Gasteiger partial charge in [-0.15, -0.1) is 0 Å². The molecule has 0 radical (unpaired) electrons. The van der Waals surface area contributed by atoms with Gasteiger partial charge in [0, 0.05) is 5.56 Å². The van der Waals surface area contributed by atoms with Crippen molar-refractivity contribution in [1.29, 1.82) is 0 Å². The molecule has 0 spiro atoms. The van der Waals surface area contributed by atoms with Gasteiger partial charge in [-0.1, -0.05) is 18.2 Å². The Morgan fingerprint density at radius 3 is 2.82 bits per heavy atom. The zero-order valence-corrected chi connectivity index (χ0v) is 9.39. The van der Waals surface area contributed by atoms with Crippen LogP contribution in [0, 0.1) is 11.7 Å². The topological polar surface area (TPSA) is 72.5 Å². The molecule has 3 atom stereocenters. The third kappa shape index (κ3) is 1.81. The Morgan fingerprint density at radius 1 is 1.59 bits per heavy atom. The number of aliphatic carboxylic acids is 1. The number of rotatable bonds is 2. The number of halogens is 1. The third-order valence-corrected chi connectivity index (χ3v) is 3.25. The molecule has 17 heavy (non-hydrogen) atoms. The summed E-state index contributed by atoms with van der Waals surface area (Å²) in [6.45, 7) is 1.64. The highest BCUT2D eigenvalue weighted by molar-refractivity contribution is 5.73. The quantitative estimate of drug-likeness (QED) is 0.810. The van der Waals surface area contributed by atoms with Crippen LogP contribution >= 0.6 is 0 Å². The van der Waals surface area contributed by atoms with Gasteiger partial charge in [0.05, 0.1) is 18.2 Å². The van der Waals surface area contributed by atoms with Crippen molar-refractivity contribution in [1.82, 2.24) is 0 Å². The summed E-state index contributed by atoms with van der Waals surface area (Å²) in [6.07, 6.45) is -0.530. The second kappa shape index (κ2) is 4.09. The first kappa shape index (κ1) is 12.0. The van der Waals surface area contributed by atoms with Gasteiger partial charge in [0.2, 0.25) is 0 Å². The van der Waals surface area contributed by atoms with E-state index in [-0.39, 0.29) is 12.2 Å². The highest BCUT2D eigenvalue weighted by atomic mass is 19.1. The van der Waals surface area contributed by atoms with Crippen LogP contribution in [0.15, 0.2) is 24.3 Å². The minimum absolute atomic E-state index is 0.00602. The van der Waals surface area contributed by atoms with Crippen molar-refractivity contribution in [2.45, 2.75) is 18.6 Å². The van der Waals surface area contributed by atoms with E-state index in [1.54, 1.807) is 13.0 Å². The molecule has 1 saturated heterocycles. The Labute approximate surface area is 98.2 Å². The SMILES string of the molecule is CC1OCC(N)(c2ccccc2F)C1C(=O)O. The van der Waals surface area contributed by atoms with Crippen LogP contribution in [0.5, 0.6) is 0 Å². The molecule has 0 aromatic heterocycles. The van der Waals surface area contributed by atoms with E-state index in [4.69, 9.17) is 10.5 Å². The first-order valence-corrected chi connectivity index (χ1v) is 5.35. The normalized spacial score (nSPS) is 32.6. The molecule has 4 nitrogen and oxygen atoms in total. The lowest BCUT2D eigenvalue weighted by Crippen LogP contribution is -2.49. The fourth-order valence-corrected chi connectivity index (χ4v) is 2.38. The maximum absolute atomic E-state index is 13.7. The lowest BCUT2D eigenvalue weighted by atomic mass is 9.79. The van der Waals surface area contributed by atoms with Crippen LogP contribution in [0.2, 0.25) is 0 Å². The molecule has 5 heteroatoms. The van der Waals surface area contributed by atoms with E-state index in [9.17, 15) is 14.3 Å². The van der Waals surface area contributed by atoms with Gasteiger partial charge in [-0.2, -0.15) is 0 Å². The monoisotopic (exact) mass is 239 g/mol. The summed E-state index contributed by atoms with van der Waals surface area (Å²) in [5.41, 5.74) is 4.95. The lowest BCUT2D eigenvalue weighted by Gasteiger charge is -2.28. The second-order valence-corrected chi connectivity index (χ2v) is 4.35. The van der Waals surface area contributed by atoms with Crippen molar-refractivity contribution in [3.05, 3.63) is 35.6 Å². The van der Waals surface area contributed by atoms with E-state index in [0.717, 1.165) is 0 Å². The molecule has 3 unspecified atom stereocenters. The van der Waals surface area contributed by atoms with Gasteiger partial charge in [-0.25, -0.2) is 4.39 Å². The van der Waals surface area contributed by atoms with E-state index < -0.39 is 29.3 Å². The molecular formula is C12H14FNO3. The van der Waals surface area contributed by atoms with Crippen molar-refractivity contribution in [3.8, 4) is 0 Å². The van der Waals surface area contributed by atoms with Crippen molar-refractivity contribution in [2.24, 2.45) is 11.7 Å². The van der Waals surface area contributed by atoms with E-state index >= 15 is 0 Å². The molecule has 92 valence electrons. The Hall–Kier alpha value is -1.46. The molecule has 1 fully saturated rings. The van der Waals surface area contributed by atoms with Crippen molar-refractivity contribution in [3.63, 3.8) is 0 Å². The summed E-state index contributed by atoms with van der Waals surface area (Å²) in [5, 5.41) is 9.19. The van der Waals surface area contributed by atoms with E-state index in [0.29, 0.717) is 0 Å². The van der Waals surface area contributed by atoms with Gasteiger partial charge in [-0.3, -0.25) is 4.79 Å². The van der Waals surface area contributed by atoms with Gasteiger partial charge in [0.15, 0.2) is 0 Å². The smallest absolute Gasteiger partial charge is 0.311 e. The summed E-state index contributed by atoms with van der Waals surface area (Å²) < 4.78 is 19.0. The number of hydrogen-bond acceptors (Lipinski definition) is 3. The zero-order valence-electron chi connectivity index (χ0n) is 9.39. The number of carboxylic acid groups (broad SMARTS) is 1. The predicted molar refractivity (Wildman–Crippen MR) is 58.8 cm³/mol. The van der Waals surface area contributed by atoms with Crippen molar-refractivity contribution in [2.75, 3.05) is 6.61 Å². The van der Waals surface area contributed by atoms with E-state index in [1.165, 1.54) is 18.2 Å². The highest BCUT2D eigenvalue weighted by Crippen LogP contribution is 2.38. The van der Waals surface area contributed by atoms with Crippen LogP contribution in [-0.4, -0.2) is 23.8 Å². The number of hydrogen-bond donors (Lipinski definition) is 2. The summed E-state index contributed by atoms with van der Waals surface area (Å²) in [6, 6.07) is 5.95. The average molecular weight is 239 g/mol. The summed E-state index contributed by atoms with van der Waals surface area (Å²) >= 11 is 0. The molecule has 0 bridgehead atoms. The molecule has 1 aromatic rings. The molecule has 1 aromatic carbocycles. The first-order chi connectivity index (χ1) is 7.97. The zero-order chi connectivity index (χ0) is 12.6. The van der Waals surface area contributed by atoms with Gasteiger partial charge in [0.25, 0.3) is 0 Å². The Morgan fingerprint density at radius 2 is 2.24 bits per heavy atom. The van der Waals surface area contributed by atoms with E-state index in [2.05, 4.69) is 0 Å². The minimum Gasteiger partial charge on any atom is -0.481 e. The van der Waals surface area contributed by atoms with Gasteiger partial charge in [-0.05, 0) is 13.0 Å². The van der Waals surface area contributed by atoms with Crippen LogP contribution in [0.3, 0.4) is 0 Å². The second-order valence-electron chi connectivity index (χ2n) is 4.35. The number of benzene rings is 1. The van der Waals surface area contributed by atoms with Crippen LogP contribution in [0.25, 0.3) is 0 Å². The van der Waals surface area contributed by atoms with Crippen LogP contribution in [0.4, 0.5) is 4.39 Å². The van der Waals surface area contributed by atoms with Crippen LogP contribution < -0.4 is 5.73 Å². The maximum Gasteiger partial charge on any atom is 0.311 e. The first-order valence-electron chi connectivity index (χ1n) is 5.35. The van der Waals surface area contributed by atoms with E-state index in [1.807, 2.05) is 0 Å². The molecular weight excluding hydrogens is 225 g/mol. The standard InChI is InChI=1S/C12H14FNO3/c1-7-10(11(15)16)12(14,6-17-7)8-4-2-3-5-9(8)13/h2-5,7,10H,6,14H2,1H3,(H,15,16). The van der Waals surface area contributed by atoms with Gasteiger partial charge < -0.3 is 15.6 Å². The Kier molecular flexibility index (Phi) is 2.89. The molecule has 3 N–H and O–H groups in total. The third-order valence-electron chi connectivity index (χ3n) is 3.25. The van der Waals surface area contributed by atoms with Crippen molar-refractivity contribution >= 4 is 5.97 Å². The molecule has 1 aliphatic heterocycles. The molecule has 1 heterocycles. The largest absolute Gasteiger partial charge is 0.481 e. The summed E-state index contributed by atoms with van der Waals surface area (Å²) in [5.74, 6) is -2.51. The number of ether oxygens (including phenoxy) is 1.